The van der Waals surface area contributed by atoms with Crippen LogP contribution in [0.3, 0.4) is 0 Å². The van der Waals surface area contributed by atoms with Crippen LogP contribution in [0.15, 0.2) is 18.5 Å². The van der Waals surface area contributed by atoms with Gasteiger partial charge in [0.05, 0.1) is 23.8 Å². The average Bonchev–Trinajstić information content (AvgIpc) is 2.81. The lowest BCUT2D eigenvalue weighted by atomic mass is 9.92. The first-order chi connectivity index (χ1) is 9.24. The predicted molar refractivity (Wildman–Crippen MR) is 75.9 cm³/mol. The van der Waals surface area contributed by atoms with Crippen LogP contribution in [0.2, 0.25) is 0 Å². The summed E-state index contributed by atoms with van der Waals surface area (Å²) in [6, 6.07) is 2.08. The second-order valence-electron chi connectivity index (χ2n) is 5.41. The lowest BCUT2D eigenvalue weighted by Crippen LogP contribution is -2.34. The van der Waals surface area contributed by atoms with E-state index in [0.717, 1.165) is 23.7 Å². The van der Waals surface area contributed by atoms with Gasteiger partial charge in [-0.3, -0.25) is 0 Å². The number of hydrogen-bond acceptors (Lipinski definition) is 4. The second kappa shape index (κ2) is 5.17. The summed E-state index contributed by atoms with van der Waals surface area (Å²) in [4.78, 5) is 6.80. The van der Waals surface area contributed by atoms with Gasteiger partial charge in [0, 0.05) is 6.07 Å². The van der Waals surface area contributed by atoms with Crippen molar-refractivity contribution in [2.24, 2.45) is 5.92 Å². The van der Waals surface area contributed by atoms with Crippen LogP contribution in [-0.2, 0) is 6.42 Å². The van der Waals surface area contributed by atoms with Crippen molar-refractivity contribution in [2.45, 2.75) is 26.2 Å². The molecule has 0 spiro atoms. The maximum absolute atomic E-state index is 5.72. The molecule has 0 atom stereocenters. The third-order valence-corrected chi connectivity index (χ3v) is 4.04. The number of nitrogen functional groups attached to an aromatic ring is 1. The van der Waals surface area contributed by atoms with Gasteiger partial charge < -0.3 is 10.6 Å². The summed E-state index contributed by atoms with van der Waals surface area (Å²) >= 11 is 0. The minimum atomic E-state index is 0.651. The van der Waals surface area contributed by atoms with Crippen LogP contribution in [0.5, 0.6) is 0 Å². The number of nitrogens with zero attached hydrogens (tertiary/aromatic N) is 4. The first kappa shape index (κ1) is 12.4. The van der Waals surface area contributed by atoms with E-state index < -0.39 is 0 Å². The molecule has 0 radical (unpaired) electrons. The van der Waals surface area contributed by atoms with Gasteiger partial charge in [0.15, 0.2) is 5.65 Å². The smallest absolute Gasteiger partial charge is 0.155 e. The number of anilines is 1. The average molecular weight is 259 g/mol. The lowest BCUT2D eigenvalue weighted by Gasteiger charge is -2.30. The molecule has 2 N–H and O–H groups in total. The van der Waals surface area contributed by atoms with E-state index in [1.165, 1.54) is 32.5 Å². The van der Waals surface area contributed by atoms with Crippen LogP contribution < -0.4 is 5.73 Å². The maximum Gasteiger partial charge on any atom is 0.155 e. The first-order valence-electron chi connectivity index (χ1n) is 7.06. The van der Waals surface area contributed by atoms with Gasteiger partial charge in [0.1, 0.15) is 0 Å². The monoisotopic (exact) mass is 259 g/mol. The minimum absolute atomic E-state index is 0.651. The molecule has 3 heterocycles. The predicted octanol–water partition coefficient (Wildman–Crippen LogP) is 1.59. The normalized spacial score (nSPS) is 18.2. The third-order valence-electron chi connectivity index (χ3n) is 4.04. The van der Waals surface area contributed by atoms with Crippen molar-refractivity contribution in [3.8, 4) is 0 Å². The highest BCUT2D eigenvalue weighted by Gasteiger charge is 2.19. The highest BCUT2D eigenvalue weighted by atomic mass is 15.2. The van der Waals surface area contributed by atoms with Crippen LogP contribution in [-0.4, -0.2) is 39.1 Å². The SMILES string of the molecule is CCN1CCC(Cc2cc3ncc(N)cn3n2)CC1. The zero-order valence-corrected chi connectivity index (χ0v) is 11.4. The van der Waals surface area contributed by atoms with Gasteiger partial charge in [0.2, 0.25) is 0 Å². The highest BCUT2D eigenvalue weighted by Crippen LogP contribution is 2.21. The number of likely N-dealkylation sites (tertiary alicyclic amines) is 1. The molecule has 5 nitrogen and oxygen atoms in total. The third kappa shape index (κ3) is 2.71. The standard InChI is InChI=1S/C14H21N5/c1-2-18-5-3-11(4-6-18)7-13-8-14-16-9-12(15)10-19(14)17-13/h8-11H,2-7,15H2,1H3. The van der Waals surface area contributed by atoms with Gasteiger partial charge in [-0.1, -0.05) is 6.92 Å². The van der Waals surface area contributed by atoms with E-state index in [1.54, 1.807) is 10.7 Å². The van der Waals surface area contributed by atoms with Crippen molar-refractivity contribution >= 4 is 11.3 Å². The molecule has 2 aromatic heterocycles. The second-order valence-corrected chi connectivity index (χ2v) is 5.41. The molecule has 1 saturated heterocycles. The summed E-state index contributed by atoms with van der Waals surface area (Å²) < 4.78 is 1.78. The van der Waals surface area contributed by atoms with Crippen molar-refractivity contribution in [3.05, 3.63) is 24.2 Å². The molecule has 3 rings (SSSR count). The topological polar surface area (TPSA) is 59.5 Å². The Morgan fingerprint density at radius 1 is 1.37 bits per heavy atom. The van der Waals surface area contributed by atoms with E-state index >= 15 is 0 Å². The Labute approximate surface area is 113 Å². The zero-order valence-electron chi connectivity index (χ0n) is 11.4. The number of piperidine rings is 1. The van der Waals surface area contributed by atoms with E-state index in [0.29, 0.717) is 5.69 Å². The van der Waals surface area contributed by atoms with Crippen LogP contribution in [0, 0.1) is 5.92 Å². The molecule has 0 aromatic carbocycles. The summed E-state index contributed by atoms with van der Waals surface area (Å²) in [5.41, 5.74) is 8.39. The van der Waals surface area contributed by atoms with Crippen LogP contribution in [0.4, 0.5) is 5.69 Å². The molecular formula is C14H21N5. The molecule has 0 bridgehead atoms. The van der Waals surface area contributed by atoms with E-state index in [-0.39, 0.29) is 0 Å². The van der Waals surface area contributed by atoms with Crippen molar-refractivity contribution < 1.29 is 0 Å². The molecule has 1 fully saturated rings. The molecule has 5 heteroatoms. The fourth-order valence-corrected chi connectivity index (χ4v) is 2.84. The molecule has 0 unspecified atom stereocenters. The van der Waals surface area contributed by atoms with Gasteiger partial charge in [0.25, 0.3) is 0 Å². The van der Waals surface area contributed by atoms with E-state index in [4.69, 9.17) is 5.73 Å². The molecule has 0 amide bonds. The molecule has 19 heavy (non-hydrogen) atoms. The van der Waals surface area contributed by atoms with E-state index in [1.807, 2.05) is 6.20 Å². The zero-order chi connectivity index (χ0) is 13.2. The maximum atomic E-state index is 5.72. The van der Waals surface area contributed by atoms with E-state index in [9.17, 15) is 0 Å². The molecule has 2 aromatic rings. The Bertz CT molecular complexity index is 554. The first-order valence-corrected chi connectivity index (χ1v) is 7.06. The Morgan fingerprint density at radius 2 is 2.16 bits per heavy atom. The molecule has 1 aliphatic heterocycles. The summed E-state index contributed by atoms with van der Waals surface area (Å²) in [6.45, 7) is 5.85. The lowest BCUT2D eigenvalue weighted by molar-refractivity contribution is 0.191. The molecule has 1 aliphatic rings. The van der Waals surface area contributed by atoms with Crippen LogP contribution in [0.1, 0.15) is 25.5 Å². The van der Waals surface area contributed by atoms with Crippen molar-refractivity contribution in [3.63, 3.8) is 0 Å². The van der Waals surface area contributed by atoms with Crippen molar-refractivity contribution in [2.75, 3.05) is 25.4 Å². The number of nitrogens with two attached hydrogens (primary N) is 1. The molecular weight excluding hydrogens is 238 g/mol. The number of fused-ring (bicyclic) bond motifs is 1. The fraction of sp³-hybridized carbons (Fsp3) is 0.571. The number of hydrogen-bond donors (Lipinski definition) is 1. The number of rotatable bonds is 3. The van der Waals surface area contributed by atoms with E-state index in [2.05, 4.69) is 28.0 Å². The van der Waals surface area contributed by atoms with Gasteiger partial charge in [-0.2, -0.15) is 5.10 Å². The Morgan fingerprint density at radius 3 is 2.89 bits per heavy atom. The largest absolute Gasteiger partial charge is 0.396 e. The molecule has 0 saturated carbocycles. The molecule has 0 aliphatic carbocycles. The summed E-state index contributed by atoms with van der Waals surface area (Å²) in [6.07, 6.45) is 7.11. The van der Waals surface area contributed by atoms with Crippen molar-refractivity contribution in [1.82, 2.24) is 19.5 Å². The summed E-state index contributed by atoms with van der Waals surface area (Å²) in [7, 11) is 0. The van der Waals surface area contributed by atoms with Gasteiger partial charge in [-0.15, -0.1) is 0 Å². The number of aromatic nitrogens is 3. The van der Waals surface area contributed by atoms with Gasteiger partial charge in [-0.05, 0) is 44.8 Å². The Kier molecular flexibility index (Phi) is 3.38. The summed E-state index contributed by atoms with van der Waals surface area (Å²) in [5.74, 6) is 0.755. The summed E-state index contributed by atoms with van der Waals surface area (Å²) in [5, 5.41) is 4.57. The Balaban J connectivity index is 1.68. The van der Waals surface area contributed by atoms with Crippen LogP contribution in [0.25, 0.3) is 5.65 Å². The highest BCUT2D eigenvalue weighted by molar-refractivity contribution is 5.44. The van der Waals surface area contributed by atoms with Crippen molar-refractivity contribution in [1.29, 1.82) is 0 Å². The minimum Gasteiger partial charge on any atom is -0.396 e. The quantitative estimate of drug-likeness (QED) is 0.909. The fourth-order valence-electron chi connectivity index (χ4n) is 2.84. The van der Waals surface area contributed by atoms with Gasteiger partial charge in [-0.25, -0.2) is 9.50 Å². The van der Waals surface area contributed by atoms with Gasteiger partial charge >= 0.3 is 0 Å². The Hall–Kier alpha value is -1.62. The molecule has 102 valence electrons. The van der Waals surface area contributed by atoms with Crippen LogP contribution >= 0.6 is 0 Å².